The molecule has 2 atom stereocenters. The van der Waals surface area contributed by atoms with Crippen LogP contribution in [0.25, 0.3) is 0 Å². The van der Waals surface area contributed by atoms with Crippen LogP contribution in [0, 0.1) is 11.7 Å². The highest BCUT2D eigenvalue weighted by atomic mass is 19.1. The summed E-state index contributed by atoms with van der Waals surface area (Å²) in [5.74, 6) is 0.425. The molecule has 2 nitrogen and oxygen atoms in total. The highest BCUT2D eigenvalue weighted by Gasteiger charge is 2.28. The quantitative estimate of drug-likeness (QED) is 0.878. The van der Waals surface area contributed by atoms with Crippen LogP contribution >= 0.6 is 0 Å². The third kappa shape index (κ3) is 3.54. The van der Waals surface area contributed by atoms with Gasteiger partial charge in [-0.15, -0.1) is 0 Å². The summed E-state index contributed by atoms with van der Waals surface area (Å²) in [4.78, 5) is 2.44. The largest absolute Gasteiger partial charge is 0.314 e. The molecule has 19 heavy (non-hydrogen) atoms. The van der Waals surface area contributed by atoms with Crippen LogP contribution in [-0.4, -0.2) is 31.1 Å². The van der Waals surface area contributed by atoms with Crippen molar-refractivity contribution in [3.63, 3.8) is 0 Å². The minimum Gasteiger partial charge on any atom is -0.314 e. The topological polar surface area (TPSA) is 15.3 Å². The first-order valence-corrected chi connectivity index (χ1v) is 7.43. The molecular formula is C16H25FN2. The fraction of sp³-hybridized carbons (Fsp3) is 0.625. The molecule has 1 unspecified atom stereocenters. The van der Waals surface area contributed by atoms with Gasteiger partial charge in [-0.25, -0.2) is 4.39 Å². The van der Waals surface area contributed by atoms with Crippen molar-refractivity contribution in [3.8, 4) is 0 Å². The molecule has 0 spiro atoms. The zero-order valence-electron chi connectivity index (χ0n) is 12.0. The van der Waals surface area contributed by atoms with Crippen molar-refractivity contribution in [1.29, 1.82) is 0 Å². The Kier molecular flexibility index (Phi) is 5.34. The van der Waals surface area contributed by atoms with E-state index < -0.39 is 0 Å². The Labute approximate surface area is 116 Å². The minimum atomic E-state index is -0.0611. The predicted octanol–water partition coefficient (Wildman–Crippen LogP) is 3.21. The molecule has 1 aliphatic rings. The maximum atomic E-state index is 14.2. The van der Waals surface area contributed by atoms with Gasteiger partial charge >= 0.3 is 0 Å². The number of benzene rings is 1. The standard InChI is InChI=1S/C16H25FN2/c1-3-6-13(2)16(19-11-9-18-10-12-19)14-7-4-5-8-15(14)17/h4-5,7-8,13,16,18H,3,6,9-12H2,1-2H3/t13?,16-/m0/s1. The van der Waals surface area contributed by atoms with Crippen molar-refractivity contribution in [3.05, 3.63) is 35.6 Å². The van der Waals surface area contributed by atoms with Crippen molar-refractivity contribution in [1.82, 2.24) is 10.2 Å². The molecule has 1 saturated heterocycles. The molecule has 0 radical (unpaired) electrons. The summed E-state index contributed by atoms with van der Waals surface area (Å²) in [7, 11) is 0. The van der Waals surface area contributed by atoms with Gasteiger partial charge in [0.05, 0.1) is 0 Å². The third-order valence-corrected chi connectivity index (χ3v) is 4.05. The van der Waals surface area contributed by atoms with Gasteiger partial charge in [0.1, 0.15) is 5.82 Å². The first-order chi connectivity index (χ1) is 9.24. The zero-order chi connectivity index (χ0) is 13.7. The van der Waals surface area contributed by atoms with E-state index in [1.807, 2.05) is 12.1 Å². The molecule has 0 amide bonds. The smallest absolute Gasteiger partial charge is 0.127 e. The Morgan fingerprint density at radius 2 is 1.95 bits per heavy atom. The number of nitrogens with one attached hydrogen (secondary N) is 1. The maximum Gasteiger partial charge on any atom is 0.127 e. The van der Waals surface area contributed by atoms with Gasteiger partial charge in [0, 0.05) is 37.8 Å². The summed E-state index contributed by atoms with van der Waals surface area (Å²) in [5.41, 5.74) is 0.866. The molecule has 0 bridgehead atoms. The number of hydrogen-bond donors (Lipinski definition) is 1. The zero-order valence-corrected chi connectivity index (χ0v) is 12.0. The van der Waals surface area contributed by atoms with Crippen LogP contribution < -0.4 is 5.32 Å². The second-order valence-electron chi connectivity index (χ2n) is 5.52. The van der Waals surface area contributed by atoms with Crippen LogP contribution in [0.2, 0.25) is 0 Å². The maximum absolute atomic E-state index is 14.2. The van der Waals surface area contributed by atoms with E-state index in [-0.39, 0.29) is 11.9 Å². The fourth-order valence-electron chi connectivity index (χ4n) is 3.15. The lowest BCUT2D eigenvalue weighted by molar-refractivity contribution is 0.123. The van der Waals surface area contributed by atoms with Crippen LogP contribution in [0.15, 0.2) is 24.3 Å². The highest BCUT2D eigenvalue weighted by molar-refractivity contribution is 5.22. The van der Waals surface area contributed by atoms with E-state index >= 15 is 0 Å². The van der Waals surface area contributed by atoms with Gasteiger partial charge in [0.2, 0.25) is 0 Å². The van der Waals surface area contributed by atoms with E-state index in [1.54, 1.807) is 12.1 Å². The predicted molar refractivity (Wildman–Crippen MR) is 77.7 cm³/mol. The van der Waals surface area contributed by atoms with Gasteiger partial charge < -0.3 is 5.32 Å². The van der Waals surface area contributed by atoms with Gasteiger partial charge in [0.25, 0.3) is 0 Å². The average Bonchev–Trinajstić information content (AvgIpc) is 2.43. The number of halogens is 1. The summed E-state index contributed by atoms with van der Waals surface area (Å²) >= 11 is 0. The Morgan fingerprint density at radius 1 is 1.26 bits per heavy atom. The summed E-state index contributed by atoms with van der Waals surface area (Å²) in [5, 5.41) is 3.37. The van der Waals surface area contributed by atoms with Crippen molar-refractivity contribution < 1.29 is 4.39 Å². The lowest BCUT2D eigenvalue weighted by atomic mass is 9.89. The molecule has 1 heterocycles. The van der Waals surface area contributed by atoms with E-state index in [2.05, 4.69) is 24.1 Å². The van der Waals surface area contributed by atoms with Gasteiger partial charge in [-0.1, -0.05) is 38.5 Å². The number of hydrogen-bond acceptors (Lipinski definition) is 2. The molecule has 1 aromatic carbocycles. The molecule has 3 heteroatoms. The van der Waals surface area contributed by atoms with Crippen LogP contribution in [0.4, 0.5) is 4.39 Å². The first-order valence-electron chi connectivity index (χ1n) is 7.43. The minimum absolute atomic E-state index is 0.0611. The monoisotopic (exact) mass is 264 g/mol. The van der Waals surface area contributed by atoms with Crippen molar-refractivity contribution in [2.45, 2.75) is 32.7 Å². The summed E-state index contributed by atoms with van der Waals surface area (Å²) in [6.45, 7) is 8.48. The van der Waals surface area contributed by atoms with Crippen molar-refractivity contribution in [2.75, 3.05) is 26.2 Å². The second-order valence-corrected chi connectivity index (χ2v) is 5.52. The van der Waals surface area contributed by atoms with Gasteiger partial charge in [-0.3, -0.25) is 4.90 Å². The molecule has 1 fully saturated rings. The highest BCUT2D eigenvalue weighted by Crippen LogP contribution is 2.33. The normalized spacial score (nSPS) is 20.2. The average molecular weight is 264 g/mol. The molecule has 0 aromatic heterocycles. The van der Waals surface area contributed by atoms with Crippen LogP contribution in [0.5, 0.6) is 0 Å². The van der Waals surface area contributed by atoms with Crippen molar-refractivity contribution in [2.24, 2.45) is 5.92 Å². The van der Waals surface area contributed by atoms with Gasteiger partial charge in [-0.2, -0.15) is 0 Å². The molecule has 1 aromatic rings. The molecular weight excluding hydrogens is 239 g/mol. The van der Waals surface area contributed by atoms with Gasteiger partial charge in [0.15, 0.2) is 0 Å². The fourth-order valence-corrected chi connectivity index (χ4v) is 3.15. The SMILES string of the molecule is CCCC(C)[C@@H](c1ccccc1F)N1CCNCC1. The van der Waals surface area contributed by atoms with E-state index in [9.17, 15) is 4.39 Å². The second kappa shape index (κ2) is 7.01. The number of nitrogens with zero attached hydrogens (tertiary/aromatic N) is 1. The van der Waals surface area contributed by atoms with E-state index in [0.717, 1.165) is 44.6 Å². The first kappa shape index (κ1) is 14.5. The molecule has 0 saturated carbocycles. The number of rotatable bonds is 5. The van der Waals surface area contributed by atoms with Crippen LogP contribution in [-0.2, 0) is 0 Å². The Bertz CT molecular complexity index is 388. The van der Waals surface area contributed by atoms with Gasteiger partial charge in [-0.05, 0) is 18.4 Å². The molecule has 106 valence electrons. The van der Waals surface area contributed by atoms with E-state index in [4.69, 9.17) is 0 Å². The summed E-state index contributed by atoms with van der Waals surface area (Å²) in [6, 6.07) is 7.48. The van der Waals surface area contributed by atoms with Crippen molar-refractivity contribution >= 4 is 0 Å². The lowest BCUT2D eigenvalue weighted by Crippen LogP contribution is -2.46. The molecule has 0 aliphatic carbocycles. The Hall–Kier alpha value is -0.930. The third-order valence-electron chi connectivity index (χ3n) is 4.05. The summed E-state index contributed by atoms with van der Waals surface area (Å²) < 4.78 is 14.2. The summed E-state index contributed by atoms with van der Waals surface area (Å²) in [6.07, 6.45) is 2.29. The van der Waals surface area contributed by atoms with E-state index in [0.29, 0.717) is 5.92 Å². The van der Waals surface area contributed by atoms with Crippen LogP contribution in [0.3, 0.4) is 0 Å². The molecule has 1 aliphatic heterocycles. The number of piperazine rings is 1. The van der Waals surface area contributed by atoms with Crippen LogP contribution in [0.1, 0.15) is 38.3 Å². The molecule has 2 rings (SSSR count). The molecule has 1 N–H and O–H groups in total. The van der Waals surface area contributed by atoms with E-state index in [1.165, 1.54) is 0 Å². The Balaban J connectivity index is 2.25. The lowest BCUT2D eigenvalue weighted by Gasteiger charge is -2.38. The Morgan fingerprint density at radius 3 is 2.58 bits per heavy atom.